The molecule has 0 spiro atoms. The van der Waals surface area contributed by atoms with Gasteiger partial charge in [-0.05, 0) is 132 Å². The van der Waals surface area contributed by atoms with Crippen LogP contribution in [0, 0.1) is 62.1 Å². The standard InChI is InChI=1S/C75H116O34/c1-15-31(3)61(91)103-53-34(6)98-67(59(57(53)107-64-52(88)48(84)46(82)40(29-77)101-64)108-66-58(99-36(8)79)54(44(80)33(5)97-66)104-62(92)32(4)16-2)109-69(94)75-25-23-70(9,68(93)95-14)27-38(75)37-17-18-42-71(10)21-20-43(72(11,30-96-35(7)78)41(71)19-22-74(42,13)73(37,12)24-26-75)102-65-56(50(86)49(85)55(105-65)60(89)90)106-63-51(87)47(83)45(81)39(28-76)100-63/h17,31-34,38-59,63-67,76-77,80-88H,15-16,18-30H2,1-14H3,(H,89,90)/t31-,32-,33-,34+,38-,39+,40+,41+,42+,43-,44-,45-,46+,47-,48-,49-,50-,51+,52+,53-,54+,55-,56+,57-,58+,59+,63-,64-,65+,66-,67-,70-,71-,72-,73+,74+,75-/m0/s1. The van der Waals surface area contributed by atoms with E-state index in [-0.39, 0.29) is 57.0 Å². The van der Waals surface area contributed by atoms with Crippen molar-refractivity contribution in [1.29, 1.82) is 0 Å². The molecule has 10 aliphatic rings. The molecule has 34 heteroatoms. The number of allylic oxidation sites excluding steroid dienone is 2. The van der Waals surface area contributed by atoms with Crippen LogP contribution in [-0.4, -0.2) is 290 Å². The van der Waals surface area contributed by atoms with E-state index in [0.29, 0.717) is 38.5 Å². The molecule has 37 atom stereocenters. The molecule has 5 heterocycles. The summed E-state index contributed by atoms with van der Waals surface area (Å²) in [6, 6.07) is 0. The fourth-order valence-electron chi connectivity index (χ4n) is 19.8. The van der Waals surface area contributed by atoms with E-state index in [1.807, 2.05) is 6.92 Å². The summed E-state index contributed by atoms with van der Waals surface area (Å²) in [5.41, 5.74) is -4.99. The average Bonchev–Trinajstić information content (AvgIpc) is 0.672. The van der Waals surface area contributed by atoms with Gasteiger partial charge in [0.2, 0.25) is 6.29 Å². The molecule has 9 fully saturated rings. The van der Waals surface area contributed by atoms with Crippen molar-refractivity contribution in [3.63, 3.8) is 0 Å². The number of carboxylic acids is 1. The monoisotopic (exact) mass is 1560 g/mol. The SMILES string of the molecule is CC[C@H](C)C(=O)O[C@@H]1[C@@H](O)[C@H](C)O[C@@H](O[C@H]2[C@H](OC(=O)[C@]34CC[C@](C)(C(=O)OC)C[C@H]3C3=CC[C@@H]5[C@@]6(C)CC[C@H](O[C@@H]7O[C@H](C(=O)O)[C@@H](O)[C@H](O)[C@H]7O[C@@H]7O[C@H](CO)[C@H](O)[C@H](O)[C@H]7O)[C@@](C)(COC(C)=O)[C@@H]6CC[C@@]5(C)[C@]3(C)CC4)O[C@H](C)[C@H](OC(=O)[C@@H](C)CC)[C@@H]2O[C@@H]2O[C@H](CO)[C@@H](O)[C@H](O)[C@H]2O)[C@@H]1OC(C)=O. The number of esters is 6. The number of aliphatic carboxylic acids is 1. The molecule has 0 radical (unpaired) electrons. The van der Waals surface area contributed by atoms with Gasteiger partial charge in [0.05, 0.1) is 67.9 Å². The molecule has 0 aromatic rings. The third kappa shape index (κ3) is 15.9. The first-order valence-corrected chi connectivity index (χ1v) is 38.3. The zero-order valence-corrected chi connectivity index (χ0v) is 64.4. The first-order valence-electron chi connectivity index (χ1n) is 38.3. The highest BCUT2D eigenvalue weighted by molar-refractivity contribution is 5.82. The zero-order chi connectivity index (χ0) is 80.4. The van der Waals surface area contributed by atoms with Crippen molar-refractivity contribution in [1.82, 2.24) is 0 Å². The molecule has 34 nitrogen and oxygen atoms in total. The lowest BCUT2D eigenvalue weighted by Crippen LogP contribution is -2.68. The second kappa shape index (κ2) is 33.6. The number of fused-ring (bicyclic) bond motifs is 7. The maximum absolute atomic E-state index is 16.6. The second-order valence-electron chi connectivity index (χ2n) is 33.5. The highest BCUT2D eigenvalue weighted by Crippen LogP contribution is 2.76. The normalized spacial score (nSPS) is 47.5. The van der Waals surface area contributed by atoms with Crippen molar-refractivity contribution >= 4 is 41.8 Å². The van der Waals surface area contributed by atoms with Crippen molar-refractivity contribution in [2.24, 2.45) is 62.1 Å². The quantitative estimate of drug-likeness (QED) is 0.0285. The van der Waals surface area contributed by atoms with E-state index in [9.17, 15) is 90.0 Å². The van der Waals surface area contributed by atoms with Crippen LogP contribution in [0.2, 0.25) is 0 Å². The van der Waals surface area contributed by atoms with Gasteiger partial charge in [-0.25, -0.2) is 4.79 Å². The fraction of sp³-hybridized carbons (Fsp3) is 0.880. The second-order valence-corrected chi connectivity index (χ2v) is 33.5. The molecule has 10 rings (SSSR count). The molecule has 5 aliphatic carbocycles. The minimum atomic E-state index is -2.14. The highest BCUT2D eigenvalue weighted by Gasteiger charge is 2.72. The number of hydrogen-bond acceptors (Lipinski definition) is 33. The number of aliphatic hydroxyl groups is 11. The van der Waals surface area contributed by atoms with Gasteiger partial charge in [-0.15, -0.1) is 0 Å². The first kappa shape index (κ1) is 86.6. The van der Waals surface area contributed by atoms with Crippen molar-refractivity contribution in [2.75, 3.05) is 26.9 Å². The Balaban J connectivity index is 1.03. The number of hydrogen-bond donors (Lipinski definition) is 12. The van der Waals surface area contributed by atoms with E-state index in [1.165, 1.54) is 27.9 Å². The first-order chi connectivity index (χ1) is 51.1. The van der Waals surface area contributed by atoms with Crippen LogP contribution in [0.3, 0.4) is 0 Å². The molecule has 0 aromatic carbocycles. The van der Waals surface area contributed by atoms with Gasteiger partial charge in [-0.1, -0.05) is 67.0 Å². The number of methoxy groups -OCH3 is 1. The van der Waals surface area contributed by atoms with Crippen LogP contribution in [0.15, 0.2) is 11.6 Å². The summed E-state index contributed by atoms with van der Waals surface area (Å²) in [7, 11) is 1.28. The highest BCUT2D eigenvalue weighted by atomic mass is 16.8. The van der Waals surface area contributed by atoms with Crippen LogP contribution in [0.1, 0.15) is 167 Å². The summed E-state index contributed by atoms with van der Waals surface area (Å²) in [6.07, 6.45) is -41.2. The van der Waals surface area contributed by atoms with Crippen molar-refractivity contribution < 1.29 is 166 Å². The summed E-state index contributed by atoms with van der Waals surface area (Å²) >= 11 is 0. The number of carboxylic acid groups (broad SMARTS) is 1. The molecule has 109 heavy (non-hydrogen) atoms. The molecule has 4 saturated carbocycles. The van der Waals surface area contributed by atoms with E-state index in [1.54, 1.807) is 34.6 Å². The molecule has 5 saturated heterocycles. The van der Waals surface area contributed by atoms with Gasteiger partial charge < -0.3 is 132 Å². The minimum Gasteiger partial charge on any atom is -0.479 e. The Bertz CT molecular complexity index is 3280. The number of rotatable bonds is 23. The Labute approximate surface area is 632 Å². The Morgan fingerprint density at radius 1 is 0.523 bits per heavy atom. The van der Waals surface area contributed by atoms with Gasteiger partial charge in [0.1, 0.15) is 79.4 Å². The lowest BCUT2D eigenvalue weighted by molar-refractivity contribution is -0.385. The minimum absolute atomic E-state index is 0.0420. The molecular weight excluding hydrogens is 1440 g/mol. The lowest BCUT2D eigenvalue weighted by Gasteiger charge is -2.71. The Hall–Kier alpha value is -4.77. The van der Waals surface area contributed by atoms with E-state index in [4.69, 9.17) is 71.1 Å². The summed E-state index contributed by atoms with van der Waals surface area (Å²) in [4.78, 5) is 97.5. The van der Waals surface area contributed by atoms with Crippen LogP contribution in [0.4, 0.5) is 0 Å². The summed E-state index contributed by atoms with van der Waals surface area (Å²) in [6.45, 7) is 20.1. The number of carbonyl (C=O) groups excluding carboxylic acids is 6. The van der Waals surface area contributed by atoms with Crippen LogP contribution in [-0.2, 0) is 105 Å². The third-order valence-electron chi connectivity index (χ3n) is 27.0. The zero-order valence-electron chi connectivity index (χ0n) is 64.4. The number of carbonyl (C=O) groups is 7. The van der Waals surface area contributed by atoms with Gasteiger partial charge >= 0.3 is 41.8 Å². The van der Waals surface area contributed by atoms with E-state index < -0.39 is 265 Å². The summed E-state index contributed by atoms with van der Waals surface area (Å²) in [5, 5.41) is 131. The van der Waals surface area contributed by atoms with E-state index in [0.717, 1.165) is 12.5 Å². The molecule has 620 valence electrons. The van der Waals surface area contributed by atoms with Gasteiger partial charge in [0.25, 0.3) is 0 Å². The largest absolute Gasteiger partial charge is 0.479 e. The van der Waals surface area contributed by atoms with Crippen molar-refractivity contribution in [2.45, 2.75) is 327 Å². The van der Waals surface area contributed by atoms with E-state index >= 15 is 4.79 Å². The maximum atomic E-state index is 16.6. The average molecular weight is 1560 g/mol. The number of aliphatic hydroxyl groups excluding tert-OH is 11. The van der Waals surface area contributed by atoms with E-state index in [2.05, 4.69) is 26.8 Å². The Morgan fingerprint density at radius 2 is 1.07 bits per heavy atom. The third-order valence-corrected chi connectivity index (χ3v) is 27.0. The lowest BCUT2D eigenvalue weighted by atomic mass is 9.33. The predicted molar refractivity (Wildman–Crippen MR) is 367 cm³/mol. The topological polar surface area (TPSA) is 501 Å². The maximum Gasteiger partial charge on any atom is 0.335 e. The molecular formula is C75H116O34. The molecule has 5 aliphatic heterocycles. The van der Waals surface area contributed by atoms with Gasteiger partial charge in [0.15, 0.2) is 55.7 Å². The van der Waals surface area contributed by atoms with Crippen molar-refractivity contribution in [3.05, 3.63) is 11.6 Å². The smallest absolute Gasteiger partial charge is 0.335 e. The predicted octanol–water partition coefficient (Wildman–Crippen LogP) is 0.398. The summed E-state index contributed by atoms with van der Waals surface area (Å²) in [5.74, 6) is -8.96. The molecule has 0 aromatic heterocycles. The van der Waals surface area contributed by atoms with Gasteiger partial charge in [0, 0.05) is 19.3 Å². The Morgan fingerprint density at radius 3 is 1.62 bits per heavy atom. The van der Waals surface area contributed by atoms with Gasteiger partial charge in [-0.2, -0.15) is 0 Å². The molecule has 0 amide bonds. The number of ether oxygens (including phenoxy) is 15. The fourth-order valence-corrected chi connectivity index (χ4v) is 19.8. The van der Waals surface area contributed by atoms with Crippen LogP contribution in [0.25, 0.3) is 0 Å². The van der Waals surface area contributed by atoms with Crippen molar-refractivity contribution in [3.8, 4) is 0 Å². The summed E-state index contributed by atoms with van der Waals surface area (Å²) < 4.78 is 93.0. The van der Waals surface area contributed by atoms with Gasteiger partial charge in [-0.3, -0.25) is 28.8 Å². The van der Waals surface area contributed by atoms with Crippen LogP contribution >= 0.6 is 0 Å². The van der Waals surface area contributed by atoms with Crippen LogP contribution in [0.5, 0.6) is 0 Å². The van der Waals surface area contributed by atoms with Crippen LogP contribution < -0.4 is 0 Å². The molecule has 0 bridgehead atoms. The molecule has 12 N–H and O–H groups in total. The Kier molecular flexibility index (Phi) is 26.7. The molecule has 0 unspecified atom stereocenters.